The number of β-amino-alcohol motifs (C(OH)–C–C–N with tert-alkyl or cyclic N) is 1. The molecular weight excluding hydrogens is 278 g/mol. The third kappa shape index (κ3) is 4.55. The van der Waals surface area contributed by atoms with Crippen molar-refractivity contribution in [1.82, 2.24) is 4.90 Å². The van der Waals surface area contributed by atoms with Gasteiger partial charge in [0.1, 0.15) is 0 Å². The minimum Gasteiger partial charge on any atom is -0.466 e. The van der Waals surface area contributed by atoms with Crippen LogP contribution in [-0.2, 0) is 16.0 Å². The second-order valence-electron chi connectivity index (χ2n) is 5.96. The number of esters is 1. The van der Waals surface area contributed by atoms with Crippen LogP contribution >= 0.6 is 0 Å². The van der Waals surface area contributed by atoms with E-state index in [0.717, 1.165) is 31.4 Å². The summed E-state index contributed by atoms with van der Waals surface area (Å²) in [6, 6.07) is 8.12. The Hall–Kier alpha value is -1.39. The predicted molar refractivity (Wildman–Crippen MR) is 86.6 cm³/mol. The summed E-state index contributed by atoms with van der Waals surface area (Å²) in [6.07, 6.45) is 2.36. The molecule has 1 fully saturated rings. The fourth-order valence-corrected chi connectivity index (χ4v) is 3.00. The van der Waals surface area contributed by atoms with Gasteiger partial charge in [-0.15, -0.1) is 0 Å². The standard InChI is InChI=1S/C18H27NO3/c1-3-14-7-9-15(10-8-14)17(20)13-19-11-5-6-16(12-19)18(21)22-4-2/h7-10,16-17,20H,3-6,11-13H2,1-2H3. The van der Waals surface area contributed by atoms with Gasteiger partial charge in [-0.05, 0) is 43.9 Å². The van der Waals surface area contributed by atoms with E-state index in [9.17, 15) is 9.90 Å². The number of rotatable bonds is 6. The zero-order valence-corrected chi connectivity index (χ0v) is 13.6. The quantitative estimate of drug-likeness (QED) is 0.821. The molecule has 0 aromatic heterocycles. The minimum atomic E-state index is -0.508. The van der Waals surface area contributed by atoms with E-state index in [2.05, 4.69) is 24.0 Å². The van der Waals surface area contributed by atoms with Gasteiger partial charge in [-0.2, -0.15) is 0 Å². The second-order valence-corrected chi connectivity index (χ2v) is 5.96. The van der Waals surface area contributed by atoms with Gasteiger partial charge in [-0.1, -0.05) is 31.2 Å². The van der Waals surface area contributed by atoms with E-state index in [-0.39, 0.29) is 11.9 Å². The van der Waals surface area contributed by atoms with Crippen molar-refractivity contribution < 1.29 is 14.6 Å². The van der Waals surface area contributed by atoms with Gasteiger partial charge in [0, 0.05) is 13.1 Å². The molecule has 0 spiro atoms. The molecule has 0 saturated carbocycles. The number of ether oxygens (including phenoxy) is 1. The molecule has 0 bridgehead atoms. The lowest BCUT2D eigenvalue weighted by atomic mass is 9.97. The average Bonchev–Trinajstić information content (AvgIpc) is 2.55. The van der Waals surface area contributed by atoms with Crippen molar-refractivity contribution in [2.75, 3.05) is 26.2 Å². The molecule has 1 aromatic rings. The molecule has 2 rings (SSSR count). The molecular formula is C18H27NO3. The van der Waals surface area contributed by atoms with E-state index in [1.54, 1.807) is 0 Å². The monoisotopic (exact) mass is 305 g/mol. The number of nitrogens with zero attached hydrogens (tertiary/aromatic N) is 1. The molecule has 1 saturated heterocycles. The number of benzene rings is 1. The van der Waals surface area contributed by atoms with Gasteiger partial charge in [0.25, 0.3) is 0 Å². The molecule has 0 amide bonds. The number of carbonyl (C=O) groups is 1. The summed E-state index contributed by atoms with van der Waals surface area (Å²) >= 11 is 0. The van der Waals surface area contributed by atoms with Gasteiger partial charge >= 0.3 is 5.97 Å². The Balaban J connectivity index is 1.89. The highest BCUT2D eigenvalue weighted by Crippen LogP contribution is 2.22. The van der Waals surface area contributed by atoms with Gasteiger partial charge in [0.15, 0.2) is 0 Å². The van der Waals surface area contributed by atoms with Gasteiger partial charge in [-0.25, -0.2) is 0 Å². The fourth-order valence-electron chi connectivity index (χ4n) is 3.00. The number of aliphatic hydroxyl groups is 1. The van der Waals surface area contributed by atoms with Gasteiger partial charge in [-0.3, -0.25) is 9.69 Å². The largest absolute Gasteiger partial charge is 0.466 e. The van der Waals surface area contributed by atoms with Crippen molar-refractivity contribution in [1.29, 1.82) is 0 Å². The molecule has 1 aliphatic rings. The zero-order valence-electron chi connectivity index (χ0n) is 13.6. The molecule has 1 aromatic carbocycles. The summed E-state index contributed by atoms with van der Waals surface area (Å²) in [5, 5.41) is 10.4. The Labute approximate surface area is 133 Å². The molecule has 4 nitrogen and oxygen atoms in total. The number of aryl methyl sites for hydroxylation is 1. The van der Waals surface area contributed by atoms with Crippen LogP contribution in [0.25, 0.3) is 0 Å². The topological polar surface area (TPSA) is 49.8 Å². The molecule has 1 N–H and O–H groups in total. The number of carbonyl (C=O) groups excluding carboxylic acids is 1. The van der Waals surface area contributed by atoms with Crippen LogP contribution in [0.2, 0.25) is 0 Å². The first-order valence-corrected chi connectivity index (χ1v) is 8.30. The third-order valence-corrected chi connectivity index (χ3v) is 4.33. The predicted octanol–water partition coefficient (Wildman–Crippen LogP) is 2.56. The third-order valence-electron chi connectivity index (χ3n) is 4.33. The second kappa shape index (κ2) is 8.30. The number of hydrogen-bond acceptors (Lipinski definition) is 4. The van der Waals surface area contributed by atoms with Crippen molar-refractivity contribution in [2.45, 2.75) is 39.2 Å². The Kier molecular flexibility index (Phi) is 6.40. The van der Waals surface area contributed by atoms with E-state index >= 15 is 0 Å². The summed E-state index contributed by atoms with van der Waals surface area (Å²) in [5.74, 6) is -0.155. The summed E-state index contributed by atoms with van der Waals surface area (Å²) < 4.78 is 5.12. The lowest BCUT2D eigenvalue weighted by Crippen LogP contribution is -2.41. The number of likely N-dealkylation sites (tertiary alicyclic amines) is 1. The lowest BCUT2D eigenvalue weighted by molar-refractivity contribution is -0.150. The molecule has 0 aliphatic carbocycles. The van der Waals surface area contributed by atoms with Crippen LogP contribution in [0.1, 0.15) is 43.9 Å². The van der Waals surface area contributed by atoms with Crippen molar-refractivity contribution in [2.24, 2.45) is 5.92 Å². The fraction of sp³-hybridized carbons (Fsp3) is 0.611. The van der Waals surface area contributed by atoms with E-state index in [1.165, 1.54) is 5.56 Å². The molecule has 2 atom stereocenters. The van der Waals surface area contributed by atoms with Crippen LogP contribution < -0.4 is 0 Å². The first-order chi connectivity index (χ1) is 10.6. The van der Waals surface area contributed by atoms with Crippen LogP contribution in [0.5, 0.6) is 0 Å². The molecule has 122 valence electrons. The highest BCUT2D eigenvalue weighted by Gasteiger charge is 2.27. The number of aliphatic hydroxyl groups excluding tert-OH is 1. The van der Waals surface area contributed by atoms with Crippen LogP contribution in [-0.4, -0.2) is 42.2 Å². The molecule has 22 heavy (non-hydrogen) atoms. The molecule has 2 unspecified atom stereocenters. The van der Waals surface area contributed by atoms with Crippen molar-refractivity contribution in [3.63, 3.8) is 0 Å². The van der Waals surface area contributed by atoms with Gasteiger partial charge in [0.05, 0.1) is 18.6 Å². The summed E-state index contributed by atoms with van der Waals surface area (Å²) in [5.41, 5.74) is 2.21. The Morgan fingerprint density at radius 3 is 2.73 bits per heavy atom. The molecule has 4 heteroatoms. The molecule has 1 aliphatic heterocycles. The van der Waals surface area contributed by atoms with Crippen LogP contribution in [0.3, 0.4) is 0 Å². The normalized spacial score (nSPS) is 20.6. The van der Waals surface area contributed by atoms with Crippen LogP contribution in [0.15, 0.2) is 24.3 Å². The van der Waals surface area contributed by atoms with E-state index in [0.29, 0.717) is 19.7 Å². The number of hydrogen-bond donors (Lipinski definition) is 1. The highest BCUT2D eigenvalue weighted by atomic mass is 16.5. The van der Waals surface area contributed by atoms with Crippen molar-refractivity contribution in [3.8, 4) is 0 Å². The van der Waals surface area contributed by atoms with Crippen molar-refractivity contribution >= 4 is 5.97 Å². The SMILES string of the molecule is CCOC(=O)C1CCCN(CC(O)c2ccc(CC)cc2)C1. The van der Waals surface area contributed by atoms with E-state index in [4.69, 9.17) is 4.74 Å². The summed E-state index contributed by atoms with van der Waals surface area (Å²) in [4.78, 5) is 14.0. The smallest absolute Gasteiger partial charge is 0.310 e. The van der Waals surface area contributed by atoms with Gasteiger partial charge < -0.3 is 9.84 Å². The Morgan fingerprint density at radius 1 is 1.36 bits per heavy atom. The molecule has 1 heterocycles. The summed E-state index contributed by atoms with van der Waals surface area (Å²) in [7, 11) is 0. The van der Waals surface area contributed by atoms with Crippen molar-refractivity contribution in [3.05, 3.63) is 35.4 Å². The zero-order chi connectivity index (χ0) is 15.9. The first kappa shape index (κ1) is 17.0. The van der Waals surface area contributed by atoms with Gasteiger partial charge in [0.2, 0.25) is 0 Å². The Morgan fingerprint density at radius 2 is 2.09 bits per heavy atom. The highest BCUT2D eigenvalue weighted by molar-refractivity contribution is 5.72. The molecule has 0 radical (unpaired) electrons. The summed E-state index contributed by atoms with van der Waals surface area (Å²) in [6.45, 7) is 6.57. The Bertz CT molecular complexity index is 472. The maximum Gasteiger partial charge on any atom is 0.310 e. The average molecular weight is 305 g/mol. The first-order valence-electron chi connectivity index (χ1n) is 8.30. The lowest BCUT2D eigenvalue weighted by Gasteiger charge is -2.32. The van der Waals surface area contributed by atoms with E-state index < -0.39 is 6.10 Å². The maximum absolute atomic E-state index is 11.9. The van der Waals surface area contributed by atoms with Crippen LogP contribution in [0.4, 0.5) is 0 Å². The van der Waals surface area contributed by atoms with Crippen LogP contribution in [0, 0.1) is 5.92 Å². The minimum absolute atomic E-state index is 0.0524. The number of piperidine rings is 1. The maximum atomic E-state index is 11.9. The van der Waals surface area contributed by atoms with E-state index in [1.807, 2.05) is 19.1 Å².